The maximum Gasteiger partial charge on any atom is 0.409 e. The number of likely N-dealkylation sites (tertiary alicyclic amines) is 1. The molecule has 174 valence electrons. The number of hydrogen-bond acceptors (Lipinski definition) is 4. The summed E-state index contributed by atoms with van der Waals surface area (Å²) in [5.74, 6) is -0.0793. The summed E-state index contributed by atoms with van der Waals surface area (Å²) in [6.07, 6.45) is 1.18. The number of fused-ring (bicyclic) bond motifs is 3. The number of rotatable bonds is 6. The fourth-order valence-electron chi connectivity index (χ4n) is 4.89. The molecule has 2 aliphatic rings. The molecule has 0 radical (unpaired) electrons. The van der Waals surface area contributed by atoms with E-state index in [0.717, 1.165) is 18.4 Å². The Morgan fingerprint density at radius 2 is 1.44 bits per heavy atom. The van der Waals surface area contributed by atoms with Crippen molar-refractivity contribution in [3.63, 3.8) is 0 Å². The van der Waals surface area contributed by atoms with Gasteiger partial charge in [0.1, 0.15) is 18.5 Å². The first-order valence-corrected chi connectivity index (χ1v) is 11.7. The second-order valence-electron chi connectivity index (χ2n) is 8.82. The zero-order valence-electron chi connectivity index (χ0n) is 18.9. The Kier molecular flexibility index (Phi) is 6.21. The standard InChI is InChI=1S/C28H27NO5/c30-27(31)17-19-9-11-20(12-10-19)34-21-13-15-29(16-14-21)28(32)33-18-26-24-7-3-1-5-22(24)23-6-2-4-8-25(23)26/h1-12,21,26H,13-18H2,(H,30,31). The maximum atomic E-state index is 12.8. The molecule has 0 atom stereocenters. The van der Waals surface area contributed by atoms with Crippen LogP contribution in [-0.2, 0) is 16.0 Å². The molecule has 1 aliphatic carbocycles. The SMILES string of the molecule is O=C(O)Cc1ccc(OC2CCN(C(=O)OCC3c4ccccc4-c4ccccc43)CC2)cc1. The van der Waals surface area contributed by atoms with Gasteiger partial charge in [-0.1, -0.05) is 60.7 Å². The number of amides is 1. The Labute approximate surface area is 198 Å². The van der Waals surface area contributed by atoms with Gasteiger partial charge in [0.25, 0.3) is 0 Å². The molecule has 3 aromatic rings. The van der Waals surface area contributed by atoms with Gasteiger partial charge in [0, 0.05) is 31.8 Å². The smallest absolute Gasteiger partial charge is 0.409 e. The maximum absolute atomic E-state index is 12.8. The molecule has 1 saturated heterocycles. The van der Waals surface area contributed by atoms with E-state index in [1.54, 1.807) is 29.2 Å². The Morgan fingerprint density at radius 3 is 2.03 bits per heavy atom. The van der Waals surface area contributed by atoms with Crippen LogP contribution in [-0.4, -0.2) is 47.9 Å². The minimum Gasteiger partial charge on any atom is -0.490 e. The zero-order valence-corrected chi connectivity index (χ0v) is 18.9. The molecule has 0 bridgehead atoms. The van der Waals surface area contributed by atoms with Crippen LogP contribution in [0.2, 0.25) is 0 Å². The molecule has 1 aliphatic heterocycles. The van der Waals surface area contributed by atoms with Crippen molar-refractivity contribution in [1.29, 1.82) is 0 Å². The zero-order chi connectivity index (χ0) is 23.5. The molecule has 1 fully saturated rings. The minimum atomic E-state index is -0.853. The largest absolute Gasteiger partial charge is 0.490 e. The lowest BCUT2D eigenvalue weighted by molar-refractivity contribution is -0.136. The van der Waals surface area contributed by atoms with Gasteiger partial charge in [-0.25, -0.2) is 4.79 Å². The number of nitrogens with zero attached hydrogens (tertiary/aromatic N) is 1. The number of piperidine rings is 1. The highest BCUT2D eigenvalue weighted by molar-refractivity contribution is 5.79. The molecular weight excluding hydrogens is 430 g/mol. The predicted octanol–water partition coefficient (Wildman–Crippen LogP) is 5.11. The lowest BCUT2D eigenvalue weighted by Gasteiger charge is -2.31. The van der Waals surface area contributed by atoms with Crippen molar-refractivity contribution in [2.24, 2.45) is 0 Å². The number of ether oxygens (including phenoxy) is 2. The van der Waals surface area contributed by atoms with Gasteiger partial charge in [0.15, 0.2) is 0 Å². The van der Waals surface area contributed by atoms with Crippen LogP contribution < -0.4 is 4.74 Å². The molecule has 0 unspecified atom stereocenters. The van der Waals surface area contributed by atoms with Gasteiger partial charge >= 0.3 is 12.1 Å². The number of hydrogen-bond donors (Lipinski definition) is 1. The van der Waals surface area contributed by atoms with Crippen molar-refractivity contribution < 1.29 is 24.2 Å². The third-order valence-corrected chi connectivity index (χ3v) is 6.62. The second kappa shape index (κ2) is 9.59. The van der Waals surface area contributed by atoms with E-state index in [-0.39, 0.29) is 24.5 Å². The summed E-state index contributed by atoms with van der Waals surface area (Å²) in [5.41, 5.74) is 5.59. The molecule has 34 heavy (non-hydrogen) atoms. The molecule has 0 saturated carbocycles. The summed E-state index contributed by atoms with van der Waals surface area (Å²) < 4.78 is 11.8. The van der Waals surface area contributed by atoms with Crippen molar-refractivity contribution >= 4 is 12.1 Å². The predicted molar refractivity (Wildman–Crippen MR) is 128 cm³/mol. The van der Waals surface area contributed by atoms with Crippen LogP contribution in [0.1, 0.15) is 35.4 Å². The van der Waals surface area contributed by atoms with Gasteiger partial charge < -0.3 is 19.5 Å². The van der Waals surface area contributed by atoms with Crippen LogP contribution in [0, 0.1) is 0 Å². The average Bonchev–Trinajstić information content (AvgIpc) is 3.18. The fraction of sp³-hybridized carbons (Fsp3) is 0.286. The highest BCUT2D eigenvalue weighted by Gasteiger charge is 2.30. The van der Waals surface area contributed by atoms with Gasteiger partial charge in [-0.15, -0.1) is 0 Å². The Bertz CT molecular complexity index is 1140. The summed E-state index contributed by atoms with van der Waals surface area (Å²) in [7, 11) is 0. The van der Waals surface area contributed by atoms with Crippen molar-refractivity contribution in [2.75, 3.05) is 19.7 Å². The third-order valence-electron chi connectivity index (χ3n) is 6.62. The van der Waals surface area contributed by atoms with Gasteiger partial charge in [0.05, 0.1) is 6.42 Å². The van der Waals surface area contributed by atoms with Crippen LogP contribution in [0.3, 0.4) is 0 Å². The summed E-state index contributed by atoms with van der Waals surface area (Å²) in [4.78, 5) is 25.3. The van der Waals surface area contributed by atoms with Crippen molar-refractivity contribution in [2.45, 2.75) is 31.3 Å². The van der Waals surface area contributed by atoms with Crippen LogP contribution in [0.15, 0.2) is 72.8 Å². The van der Waals surface area contributed by atoms with Crippen LogP contribution in [0.5, 0.6) is 5.75 Å². The van der Waals surface area contributed by atoms with Crippen molar-refractivity contribution in [3.8, 4) is 16.9 Å². The summed E-state index contributed by atoms with van der Waals surface area (Å²) >= 11 is 0. The highest BCUT2D eigenvalue weighted by Crippen LogP contribution is 2.44. The number of benzene rings is 3. The van der Waals surface area contributed by atoms with Gasteiger partial charge in [-0.05, 0) is 39.9 Å². The molecule has 1 N–H and O–H groups in total. The summed E-state index contributed by atoms with van der Waals surface area (Å²) in [6.45, 7) is 1.49. The summed E-state index contributed by atoms with van der Waals surface area (Å²) in [5, 5.41) is 8.88. The van der Waals surface area contributed by atoms with E-state index in [4.69, 9.17) is 14.6 Å². The van der Waals surface area contributed by atoms with Crippen LogP contribution in [0.4, 0.5) is 4.79 Å². The fourth-order valence-corrected chi connectivity index (χ4v) is 4.89. The first kappa shape index (κ1) is 22.0. The third kappa shape index (κ3) is 4.62. The Balaban J connectivity index is 1.13. The molecule has 1 heterocycles. The first-order valence-electron chi connectivity index (χ1n) is 11.7. The lowest BCUT2D eigenvalue weighted by atomic mass is 9.98. The van der Waals surface area contributed by atoms with Gasteiger partial charge in [-0.3, -0.25) is 4.79 Å². The first-order chi connectivity index (χ1) is 16.6. The number of carbonyl (C=O) groups is 2. The van der Waals surface area contributed by atoms with E-state index < -0.39 is 5.97 Å². The monoisotopic (exact) mass is 457 g/mol. The number of carbonyl (C=O) groups excluding carboxylic acids is 1. The number of aliphatic carboxylic acids is 1. The molecule has 3 aromatic carbocycles. The molecule has 0 spiro atoms. The summed E-state index contributed by atoms with van der Waals surface area (Å²) in [6, 6.07) is 23.8. The molecule has 0 aromatic heterocycles. The normalized spacial score (nSPS) is 15.5. The van der Waals surface area contributed by atoms with Crippen molar-refractivity contribution in [1.82, 2.24) is 4.90 Å². The van der Waals surface area contributed by atoms with E-state index in [2.05, 4.69) is 24.3 Å². The molecule has 5 rings (SSSR count). The van der Waals surface area contributed by atoms with Crippen LogP contribution >= 0.6 is 0 Å². The van der Waals surface area contributed by atoms with E-state index in [9.17, 15) is 9.59 Å². The van der Waals surface area contributed by atoms with Gasteiger partial charge in [-0.2, -0.15) is 0 Å². The molecule has 6 heteroatoms. The average molecular weight is 458 g/mol. The molecule has 1 amide bonds. The van der Waals surface area contributed by atoms with E-state index in [1.807, 2.05) is 24.3 Å². The molecule has 6 nitrogen and oxygen atoms in total. The minimum absolute atomic E-state index is 0.00118. The quantitative estimate of drug-likeness (QED) is 0.557. The Hall–Kier alpha value is -3.80. The second-order valence-corrected chi connectivity index (χ2v) is 8.82. The highest BCUT2D eigenvalue weighted by atomic mass is 16.6. The van der Waals surface area contributed by atoms with E-state index >= 15 is 0 Å². The van der Waals surface area contributed by atoms with Crippen LogP contribution in [0.25, 0.3) is 11.1 Å². The van der Waals surface area contributed by atoms with E-state index in [1.165, 1.54) is 22.3 Å². The lowest BCUT2D eigenvalue weighted by Crippen LogP contribution is -2.42. The van der Waals surface area contributed by atoms with E-state index in [0.29, 0.717) is 25.4 Å². The topological polar surface area (TPSA) is 76.1 Å². The molecular formula is C28H27NO5. The Morgan fingerprint density at radius 1 is 0.853 bits per heavy atom. The number of carboxylic acids is 1. The van der Waals surface area contributed by atoms with Crippen molar-refractivity contribution in [3.05, 3.63) is 89.5 Å². The van der Waals surface area contributed by atoms with Gasteiger partial charge in [0.2, 0.25) is 0 Å². The number of carboxylic acid groups (broad SMARTS) is 1.